The smallest absolute Gasteiger partial charge is 0.223 e. The summed E-state index contributed by atoms with van der Waals surface area (Å²) in [4.78, 5) is 24.9. The molecule has 0 spiro atoms. The second-order valence-corrected chi connectivity index (χ2v) is 10.9. The second-order valence-electron chi connectivity index (χ2n) is 10.1. The normalized spacial score (nSPS) is 32.3. The maximum absolute atomic E-state index is 15.2. The Labute approximate surface area is 202 Å². The minimum absolute atomic E-state index is 0.0661. The number of amides is 2. The van der Waals surface area contributed by atoms with Gasteiger partial charge in [-0.2, -0.15) is 0 Å². The molecule has 4 saturated carbocycles. The molecule has 2 N–H and O–H groups in total. The summed E-state index contributed by atoms with van der Waals surface area (Å²) in [5, 5.41) is 18.0. The predicted octanol–water partition coefficient (Wildman–Crippen LogP) is 5.12. The third kappa shape index (κ3) is 4.81. The Balaban J connectivity index is 1.66. The number of carbonyl (C=O) groups excluding carboxylic acids is 2. The number of fused-ring (bicyclic) bond motifs is 3. The number of nitrogens with one attached hydrogen (secondary N) is 2. The van der Waals surface area contributed by atoms with Gasteiger partial charge in [0.1, 0.15) is 11.5 Å². The zero-order chi connectivity index (χ0) is 24.0. The van der Waals surface area contributed by atoms with Gasteiger partial charge in [-0.25, -0.2) is 8.78 Å². The Bertz CT molecular complexity index is 907. The molecule has 0 aromatic heterocycles. The molecule has 2 bridgehead atoms. The third-order valence-electron chi connectivity index (χ3n) is 8.01. The number of carbonyl (C=O) groups is 2. The van der Waals surface area contributed by atoms with E-state index in [-0.39, 0.29) is 39.4 Å². The van der Waals surface area contributed by atoms with Gasteiger partial charge in [0.15, 0.2) is 0 Å². The average molecular weight is 502 g/mol. The topological polar surface area (TPSA) is 81.3 Å². The first-order chi connectivity index (χ1) is 15.5. The van der Waals surface area contributed by atoms with Gasteiger partial charge in [0.2, 0.25) is 11.8 Å². The maximum atomic E-state index is 15.2. The first-order valence-corrected chi connectivity index (χ1v) is 12.4. The largest absolute Gasteiger partial charge is 0.870 e. The van der Waals surface area contributed by atoms with Gasteiger partial charge in [-0.15, -0.1) is 0 Å². The van der Waals surface area contributed by atoms with Crippen molar-refractivity contribution in [3.8, 4) is 5.75 Å². The standard InChI is InChI=1S/C24H30Cl2F2N2O3/c1-13(31)29-15-4-2-3-14(11-15)22(33)30-21(18-19(26)16(25)12-17(32)20(18)27)23-5-8-24(28,9-6-23)10-7-23/h12,14-15,21,32H,2-11H2,1H3,(H,29,31)(H,30,33)/p-1/t14-,15-,21+,23?,24?/m0/s1. The van der Waals surface area contributed by atoms with Crippen molar-refractivity contribution in [2.24, 2.45) is 11.3 Å². The van der Waals surface area contributed by atoms with E-state index in [1.54, 1.807) is 0 Å². The SMILES string of the molecule is CC(=O)N[C@H]1CCC[C@H](C(=O)N[C@H](c2c(F)c([O-])cc(Cl)c2Cl)C23CCC(F)(CC2)CC3)C1. The minimum atomic E-state index is -1.22. The molecule has 4 fully saturated rings. The number of rotatable bonds is 5. The summed E-state index contributed by atoms with van der Waals surface area (Å²) in [5.74, 6) is -2.69. The lowest BCUT2D eigenvalue weighted by atomic mass is 9.55. The molecule has 0 radical (unpaired) electrons. The van der Waals surface area contributed by atoms with Gasteiger partial charge in [0.05, 0.1) is 16.1 Å². The quantitative estimate of drug-likeness (QED) is 0.549. The van der Waals surface area contributed by atoms with Crippen molar-refractivity contribution in [1.82, 2.24) is 10.6 Å². The van der Waals surface area contributed by atoms with E-state index in [2.05, 4.69) is 10.6 Å². The van der Waals surface area contributed by atoms with Crippen molar-refractivity contribution in [2.75, 3.05) is 0 Å². The van der Waals surface area contributed by atoms with Crippen molar-refractivity contribution >= 4 is 35.0 Å². The highest BCUT2D eigenvalue weighted by Crippen LogP contribution is 2.60. The maximum Gasteiger partial charge on any atom is 0.223 e. The number of alkyl halides is 1. The summed E-state index contributed by atoms with van der Waals surface area (Å²) < 4.78 is 30.1. The van der Waals surface area contributed by atoms with Crippen molar-refractivity contribution in [3.63, 3.8) is 0 Å². The molecular weight excluding hydrogens is 473 g/mol. The molecule has 1 aromatic carbocycles. The van der Waals surface area contributed by atoms with Crippen LogP contribution in [0, 0.1) is 17.2 Å². The summed E-state index contributed by atoms with van der Waals surface area (Å²) in [6.45, 7) is 1.44. The van der Waals surface area contributed by atoms with Gasteiger partial charge < -0.3 is 15.7 Å². The van der Waals surface area contributed by atoms with Crippen LogP contribution in [-0.2, 0) is 9.59 Å². The summed E-state index contributed by atoms with van der Waals surface area (Å²) >= 11 is 12.5. The van der Waals surface area contributed by atoms with Gasteiger partial charge >= 0.3 is 0 Å². The molecule has 4 aliphatic carbocycles. The van der Waals surface area contributed by atoms with Gasteiger partial charge in [-0.3, -0.25) is 9.59 Å². The molecule has 182 valence electrons. The molecule has 3 atom stereocenters. The summed E-state index contributed by atoms with van der Waals surface area (Å²) in [6, 6.07) is -0.0398. The molecule has 2 amide bonds. The molecule has 0 saturated heterocycles. The lowest BCUT2D eigenvalue weighted by Gasteiger charge is -2.53. The van der Waals surface area contributed by atoms with Crippen molar-refractivity contribution in [2.45, 2.75) is 88.9 Å². The van der Waals surface area contributed by atoms with Crippen LogP contribution in [0.1, 0.15) is 82.7 Å². The number of benzene rings is 1. The Morgan fingerprint density at radius 1 is 1.15 bits per heavy atom. The predicted molar refractivity (Wildman–Crippen MR) is 120 cm³/mol. The van der Waals surface area contributed by atoms with Crippen molar-refractivity contribution < 1.29 is 23.5 Å². The zero-order valence-corrected chi connectivity index (χ0v) is 20.1. The van der Waals surface area contributed by atoms with Gasteiger partial charge in [0, 0.05) is 24.4 Å². The Kier molecular flexibility index (Phi) is 6.85. The van der Waals surface area contributed by atoms with E-state index in [4.69, 9.17) is 23.2 Å². The summed E-state index contributed by atoms with van der Waals surface area (Å²) in [7, 11) is 0. The van der Waals surface area contributed by atoms with Crippen LogP contribution in [-0.4, -0.2) is 23.5 Å². The fraction of sp³-hybridized carbons (Fsp3) is 0.667. The van der Waals surface area contributed by atoms with Gasteiger partial charge in [0.25, 0.3) is 0 Å². The van der Waals surface area contributed by atoms with Crippen LogP contribution in [0.15, 0.2) is 6.07 Å². The lowest BCUT2D eigenvalue weighted by Crippen LogP contribution is -2.52. The molecular formula is C24H29Cl2F2N2O3-. The van der Waals surface area contributed by atoms with E-state index < -0.39 is 28.7 Å². The molecule has 0 unspecified atom stereocenters. The highest BCUT2D eigenvalue weighted by molar-refractivity contribution is 6.42. The molecule has 5 nitrogen and oxygen atoms in total. The molecule has 9 heteroatoms. The monoisotopic (exact) mass is 501 g/mol. The Morgan fingerprint density at radius 3 is 2.39 bits per heavy atom. The first-order valence-electron chi connectivity index (χ1n) is 11.6. The van der Waals surface area contributed by atoms with E-state index in [1.165, 1.54) is 6.92 Å². The Morgan fingerprint density at radius 2 is 1.79 bits per heavy atom. The van der Waals surface area contributed by atoms with Crippen LogP contribution in [0.4, 0.5) is 8.78 Å². The average Bonchev–Trinajstić information content (AvgIpc) is 2.77. The number of hydrogen-bond acceptors (Lipinski definition) is 3. The van der Waals surface area contributed by atoms with E-state index in [0.29, 0.717) is 51.4 Å². The number of hydrogen-bond donors (Lipinski definition) is 2. The molecule has 4 aliphatic rings. The number of halogens is 4. The molecule has 5 rings (SSSR count). The highest BCUT2D eigenvalue weighted by Gasteiger charge is 2.54. The van der Waals surface area contributed by atoms with E-state index >= 15 is 4.39 Å². The fourth-order valence-corrected chi connectivity index (χ4v) is 6.54. The van der Waals surface area contributed by atoms with Gasteiger partial charge in [-0.1, -0.05) is 35.4 Å². The second kappa shape index (κ2) is 9.21. The highest BCUT2D eigenvalue weighted by atomic mass is 35.5. The molecule has 0 aliphatic heterocycles. The van der Waals surface area contributed by atoms with Crippen LogP contribution in [0.2, 0.25) is 10.0 Å². The molecule has 1 aromatic rings. The fourth-order valence-electron chi connectivity index (χ4n) is 6.09. The van der Waals surface area contributed by atoms with E-state index in [0.717, 1.165) is 18.9 Å². The van der Waals surface area contributed by atoms with Crippen LogP contribution in [0.25, 0.3) is 0 Å². The van der Waals surface area contributed by atoms with Crippen LogP contribution in [0.5, 0.6) is 5.75 Å². The third-order valence-corrected chi connectivity index (χ3v) is 8.81. The van der Waals surface area contributed by atoms with Crippen LogP contribution >= 0.6 is 23.2 Å². The van der Waals surface area contributed by atoms with Crippen LogP contribution in [0.3, 0.4) is 0 Å². The minimum Gasteiger partial charge on any atom is -0.870 e. The van der Waals surface area contributed by atoms with E-state index in [9.17, 15) is 19.1 Å². The van der Waals surface area contributed by atoms with Gasteiger partial charge in [-0.05, 0) is 69.3 Å². The Hall–Kier alpha value is -1.60. The van der Waals surface area contributed by atoms with E-state index in [1.807, 2.05) is 0 Å². The zero-order valence-electron chi connectivity index (χ0n) is 18.6. The molecule has 33 heavy (non-hydrogen) atoms. The van der Waals surface area contributed by atoms with Crippen molar-refractivity contribution in [3.05, 3.63) is 27.5 Å². The first kappa shape index (κ1) is 24.5. The summed E-state index contributed by atoms with van der Waals surface area (Å²) in [6.07, 6.45) is 5.08. The van der Waals surface area contributed by atoms with Crippen LogP contribution < -0.4 is 15.7 Å². The van der Waals surface area contributed by atoms with Crippen molar-refractivity contribution in [1.29, 1.82) is 0 Å². The summed E-state index contributed by atoms with van der Waals surface area (Å²) in [5.41, 5.74) is -1.91. The lowest BCUT2D eigenvalue weighted by molar-refractivity contribution is -0.272. The molecule has 0 heterocycles.